The highest BCUT2D eigenvalue weighted by Gasteiger charge is 2.15. The Morgan fingerprint density at radius 1 is 1.59 bits per heavy atom. The molecule has 0 aliphatic carbocycles. The number of hydrogen-bond acceptors (Lipinski definition) is 4. The Morgan fingerprint density at radius 3 is 2.71 bits per heavy atom. The van der Waals surface area contributed by atoms with Crippen molar-refractivity contribution in [3.63, 3.8) is 0 Å². The van der Waals surface area contributed by atoms with Crippen LogP contribution in [0.3, 0.4) is 0 Å². The number of imidazole rings is 1. The van der Waals surface area contributed by atoms with Crippen LogP contribution in [0.1, 0.15) is 12.6 Å². The minimum atomic E-state index is -0.498. The van der Waals surface area contributed by atoms with Gasteiger partial charge in [0, 0.05) is 14.0 Å². The van der Waals surface area contributed by atoms with Crippen molar-refractivity contribution >= 4 is 23.3 Å². The summed E-state index contributed by atoms with van der Waals surface area (Å²) in [4.78, 5) is 25.9. The third kappa shape index (κ3) is 3.07. The van der Waals surface area contributed by atoms with E-state index in [4.69, 9.17) is 5.73 Å². The average molecular weight is 237 g/mol. The molecule has 7 heteroatoms. The molecule has 0 aromatic carbocycles. The van der Waals surface area contributed by atoms with Gasteiger partial charge >= 0.3 is 0 Å². The predicted molar refractivity (Wildman–Crippen MR) is 63.8 cm³/mol. The molecule has 0 unspecified atom stereocenters. The molecule has 4 N–H and O–H groups in total. The molecule has 0 radical (unpaired) electrons. The van der Waals surface area contributed by atoms with Crippen molar-refractivity contribution in [2.75, 3.05) is 12.4 Å². The Bertz CT molecular complexity index is 430. The highest BCUT2D eigenvalue weighted by Crippen LogP contribution is 2.19. The first-order valence-corrected chi connectivity index (χ1v) is 4.93. The molecule has 2 amide bonds. The van der Waals surface area contributed by atoms with Gasteiger partial charge in [0.05, 0.1) is 12.0 Å². The average Bonchev–Trinajstić information content (AvgIpc) is 2.58. The number of carbonyl (C=O) groups excluding carboxylic acids is 2. The minimum absolute atomic E-state index is 0.0252. The summed E-state index contributed by atoms with van der Waals surface area (Å²) >= 11 is 0. The van der Waals surface area contributed by atoms with Gasteiger partial charge in [0.25, 0.3) is 0 Å². The topological polar surface area (TPSA) is 102 Å². The van der Waals surface area contributed by atoms with Gasteiger partial charge in [0.2, 0.25) is 11.8 Å². The zero-order chi connectivity index (χ0) is 13.0. The lowest BCUT2D eigenvalue weighted by Gasteiger charge is -2.10. The third-order valence-corrected chi connectivity index (χ3v) is 2.05. The van der Waals surface area contributed by atoms with Crippen LogP contribution in [0.5, 0.6) is 0 Å². The summed E-state index contributed by atoms with van der Waals surface area (Å²) in [6.45, 7) is 5.13. The Labute approximate surface area is 98.7 Å². The fourth-order valence-corrected chi connectivity index (χ4v) is 1.36. The molecule has 7 nitrogen and oxygen atoms in total. The summed E-state index contributed by atoms with van der Waals surface area (Å²) in [5.41, 5.74) is 6.18. The normalized spacial score (nSPS) is 9.76. The first kappa shape index (κ1) is 12.8. The molecule has 92 valence electrons. The van der Waals surface area contributed by atoms with Crippen LogP contribution in [0.25, 0.3) is 5.70 Å². The van der Waals surface area contributed by atoms with Crippen molar-refractivity contribution in [1.29, 1.82) is 0 Å². The fourth-order valence-electron chi connectivity index (χ4n) is 1.36. The first-order valence-electron chi connectivity index (χ1n) is 4.93. The Balaban J connectivity index is 3.14. The van der Waals surface area contributed by atoms with Gasteiger partial charge in [0.15, 0.2) is 5.82 Å². The van der Waals surface area contributed by atoms with E-state index in [0.29, 0.717) is 17.2 Å². The molecule has 1 aromatic heterocycles. The number of primary amides is 1. The van der Waals surface area contributed by atoms with Gasteiger partial charge in [-0.1, -0.05) is 6.58 Å². The van der Waals surface area contributed by atoms with Crippen LogP contribution in [0.2, 0.25) is 0 Å². The van der Waals surface area contributed by atoms with E-state index in [9.17, 15) is 9.59 Å². The molecule has 0 atom stereocenters. The van der Waals surface area contributed by atoms with E-state index in [-0.39, 0.29) is 12.5 Å². The lowest BCUT2D eigenvalue weighted by molar-refractivity contribution is -0.118. The van der Waals surface area contributed by atoms with Crippen molar-refractivity contribution in [3.05, 3.63) is 18.6 Å². The summed E-state index contributed by atoms with van der Waals surface area (Å²) in [7, 11) is 1.68. The molecular formula is C10H15N5O2. The van der Waals surface area contributed by atoms with Crippen LogP contribution < -0.4 is 16.4 Å². The van der Waals surface area contributed by atoms with Crippen LogP contribution in [0.4, 0.5) is 5.82 Å². The number of aromatic nitrogens is 2. The second-order valence-corrected chi connectivity index (χ2v) is 3.45. The second kappa shape index (κ2) is 5.15. The van der Waals surface area contributed by atoms with Gasteiger partial charge in [-0.05, 0) is 0 Å². The van der Waals surface area contributed by atoms with Crippen molar-refractivity contribution in [3.8, 4) is 0 Å². The number of anilines is 1. The minimum Gasteiger partial charge on any atom is -0.387 e. The van der Waals surface area contributed by atoms with Gasteiger partial charge in [-0.2, -0.15) is 0 Å². The van der Waals surface area contributed by atoms with Gasteiger partial charge in [-0.15, -0.1) is 0 Å². The molecule has 0 spiro atoms. The maximum absolute atomic E-state index is 11.0. The maximum Gasteiger partial charge on any atom is 0.237 e. The van der Waals surface area contributed by atoms with E-state index >= 15 is 0 Å². The number of amides is 2. The number of rotatable bonds is 5. The van der Waals surface area contributed by atoms with E-state index in [1.165, 1.54) is 17.8 Å². The van der Waals surface area contributed by atoms with E-state index < -0.39 is 5.91 Å². The summed E-state index contributed by atoms with van der Waals surface area (Å²) in [6.07, 6.45) is 1.42. The molecule has 17 heavy (non-hydrogen) atoms. The lowest BCUT2D eigenvalue weighted by Crippen LogP contribution is -2.21. The molecule has 0 aliphatic heterocycles. The van der Waals surface area contributed by atoms with Crippen LogP contribution >= 0.6 is 0 Å². The van der Waals surface area contributed by atoms with E-state index in [2.05, 4.69) is 22.2 Å². The number of nitrogens with two attached hydrogens (primary N) is 1. The summed E-state index contributed by atoms with van der Waals surface area (Å²) < 4.78 is 1.52. The Kier molecular flexibility index (Phi) is 3.86. The van der Waals surface area contributed by atoms with Crippen LogP contribution in [-0.2, 0) is 16.1 Å². The van der Waals surface area contributed by atoms with Gasteiger partial charge in [-0.3, -0.25) is 9.59 Å². The smallest absolute Gasteiger partial charge is 0.237 e. The predicted octanol–water partition coefficient (Wildman–Crippen LogP) is -0.483. The van der Waals surface area contributed by atoms with E-state index in [1.54, 1.807) is 7.05 Å². The van der Waals surface area contributed by atoms with Crippen molar-refractivity contribution in [2.45, 2.75) is 13.5 Å². The fraction of sp³-hybridized carbons (Fsp3) is 0.300. The quantitative estimate of drug-likeness (QED) is 0.643. The third-order valence-electron chi connectivity index (χ3n) is 2.05. The molecular weight excluding hydrogens is 222 g/mol. The number of nitrogens with zero attached hydrogens (tertiary/aromatic N) is 2. The van der Waals surface area contributed by atoms with Crippen molar-refractivity contribution in [2.24, 2.45) is 5.73 Å². The van der Waals surface area contributed by atoms with E-state index in [1.807, 2.05) is 0 Å². The van der Waals surface area contributed by atoms with Crippen LogP contribution in [0, 0.1) is 0 Å². The van der Waals surface area contributed by atoms with Crippen LogP contribution in [0.15, 0.2) is 12.9 Å². The number of nitrogens with one attached hydrogen (secondary N) is 2. The molecule has 1 rings (SSSR count). The SMILES string of the molecule is C=C(NC)c1c(NC(C)=O)ncn1CC(N)=O. The van der Waals surface area contributed by atoms with Gasteiger partial charge < -0.3 is 20.9 Å². The Hall–Kier alpha value is -2.31. The van der Waals surface area contributed by atoms with E-state index in [0.717, 1.165) is 0 Å². The molecule has 0 saturated carbocycles. The summed E-state index contributed by atoms with van der Waals surface area (Å²) in [6, 6.07) is 0. The maximum atomic E-state index is 11.0. The van der Waals surface area contributed by atoms with Gasteiger partial charge in [-0.25, -0.2) is 4.98 Å². The largest absolute Gasteiger partial charge is 0.387 e. The molecule has 0 saturated heterocycles. The standard InChI is InChI=1S/C10H15N5O2/c1-6(12-3)9-10(14-7(2)16)13-5-15(9)4-8(11)17/h5,12H,1,4H2,2-3H3,(H2,11,17)(H,14,16). The first-order chi connectivity index (χ1) is 7.95. The van der Waals surface area contributed by atoms with Crippen LogP contribution in [-0.4, -0.2) is 28.4 Å². The Morgan fingerprint density at radius 2 is 2.24 bits per heavy atom. The monoisotopic (exact) mass is 237 g/mol. The summed E-state index contributed by atoms with van der Waals surface area (Å²) in [5.74, 6) is -0.403. The zero-order valence-corrected chi connectivity index (χ0v) is 9.78. The lowest BCUT2D eigenvalue weighted by atomic mass is 10.3. The molecule has 0 aliphatic rings. The van der Waals surface area contributed by atoms with Gasteiger partial charge in [0.1, 0.15) is 12.2 Å². The highest BCUT2D eigenvalue weighted by atomic mass is 16.2. The van der Waals surface area contributed by atoms with Crippen molar-refractivity contribution < 1.29 is 9.59 Å². The second-order valence-electron chi connectivity index (χ2n) is 3.45. The molecule has 1 aromatic rings. The summed E-state index contributed by atoms with van der Waals surface area (Å²) in [5, 5.41) is 5.39. The molecule has 0 fully saturated rings. The molecule has 0 bridgehead atoms. The van der Waals surface area contributed by atoms with Crippen molar-refractivity contribution in [1.82, 2.24) is 14.9 Å². The molecule has 1 heterocycles. The zero-order valence-electron chi connectivity index (χ0n) is 9.78. The number of hydrogen-bond donors (Lipinski definition) is 3. The highest BCUT2D eigenvalue weighted by molar-refractivity contribution is 5.90. The number of carbonyl (C=O) groups is 2.